The lowest BCUT2D eigenvalue weighted by molar-refractivity contribution is -0.137. The molecule has 0 rings (SSSR count). The summed E-state index contributed by atoms with van der Waals surface area (Å²) < 4.78 is 4.83. The molecule has 0 spiro atoms. The molecule has 0 aliphatic carbocycles. The van der Waals surface area contributed by atoms with Crippen LogP contribution in [-0.2, 0) is 9.53 Å². The van der Waals surface area contributed by atoms with E-state index in [2.05, 4.69) is 26.8 Å². The van der Waals surface area contributed by atoms with Crippen molar-refractivity contribution in [2.75, 3.05) is 0 Å². The van der Waals surface area contributed by atoms with Crippen LogP contribution < -0.4 is 0 Å². The zero-order valence-corrected chi connectivity index (χ0v) is 10.2. The summed E-state index contributed by atoms with van der Waals surface area (Å²) in [7, 11) is 0. The van der Waals surface area contributed by atoms with Crippen molar-refractivity contribution < 1.29 is 9.53 Å². The summed E-state index contributed by atoms with van der Waals surface area (Å²) in [5.41, 5.74) is 1.31. The van der Waals surface area contributed by atoms with Gasteiger partial charge in [0.15, 0.2) is 0 Å². The summed E-state index contributed by atoms with van der Waals surface area (Å²) >= 11 is 0. The van der Waals surface area contributed by atoms with Crippen LogP contribution in [0.4, 0.5) is 0 Å². The SMILES string of the molecule is CCC(=O)O/C=C/C/C(C)=C/C(C)CC. The van der Waals surface area contributed by atoms with E-state index in [0.29, 0.717) is 12.3 Å². The fraction of sp³-hybridized carbons (Fsp3) is 0.615. The zero-order chi connectivity index (χ0) is 11.7. The monoisotopic (exact) mass is 210 g/mol. The standard InChI is InChI=1S/C13H22O2/c1-5-11(3)10-12(4)8-7-9-15-13(14)6-2/h7,9-11H,5-6,8H2,1-4H3/b9-7+,12-10+. The smallest absolute Gasteiger partial charge is 0.310 e. The molecule has 0 aliphatic rings. The highest BCUT2D eigenvalue weighted by molar-refractivity contribution is 5.69. The summed E-state index contributed by atoms with van der Waals surface area (Å²) in [4.78, 5) is 10.8. The average Bonchev–Trinajstić information content (AvgIpc) is 2.23. The van der Waals surface area contributed by atoms with Gasteiger partial charge in [-0.25, -0.2) is 0 Å². The van der Waals surface area contributed by atoms with Gasteiger partial charge in [-0.05, 0) is 25.3 Å². The van der Waals surface area contributed by atoms with E-state index in [0.717, 1.165) is 12.8 Å². The second kappa shape index (κ2) is 8.27. The Morgan fingerprint density at radius 1 is 1.40 bits per heavy atom. The molecule has 1 atom stereocenters. The molecule has 0 N–H and O–H groups in total. The largest absolute Gasteiger partial charge is 0.435 e. The van der Waals surface area contributed by atoms with Crippen LogP contribution in [0.1, 0.15) is 47.0 Å². The molecule has 0 saturated carbocycles. The van der Waals surface area contributed by atoms with Crippen molar-refractivity contribution in [3.63, 3.8) is 0 Å². The number of rotatable bonds is 6. The minimum absolute atomic E-state index is 0.185. The van der Waals surface area contributed by atoms with Gasteiger partial charge in [0.05, 0.1) is 6.26 Å². The molecule has 0 saturated heterocycles. The number of carbonyl (C=O) groups is 1. The first-order valence-electron chi connectivity index (χ1n) is 5.61. The first-order chi connectivity index (χ1) is 7.10. The van der Waals surface area contributed by atoms with E-state index in [-0.39, 0.29) is 5.97 Å². The zero-order valence-electron chi connectivity index (χ0n) is 10.2. The van der Waals surface area contributed by atoms with Crippen LogP contribution in [0.15, 0.2) is 24.0 Å². The maximum Gasteiger partial charge on any atom is 0.310 e. The average molecular weight is 210 g/mol. The first kappa shape index (κ1) is 13.9. The van der Waals surface area contributed by atoms with Crippen LogP contribution in [-0.4, -0.2) is 5.97 Å². The van der Waals surface area contributed by atoms with E-state index in [1.54, 1.807) is 6.92 Å². The third-order valence-corrected chi connectivity index (χ3v) is 2.24. The Labute approximate surface area is 93.0 Å². The van der Waals surface area contributed by atoms with Gasteiger partial charge in [0, 0.05) is 6.42 Å². The van der Waals surface area contributed by atoms with Crippen LogP contribution in [0.3, 0.4) is 0 Å². The van der Waals surface area contributed by atoms with E-state index < -0.39 is 0 Å². The third-order valence-electron chi connectivity index (χ3n) is 2.24. The molecule has 2 nitrogen and oxygen atoms in total. The Balaban J connectivity index is 3.84. The van der Waals surface area contributed by atoms with E-state index in [9.17, 15) is 4.79 Å². The van der Waals surface area contributed by atoms with Gasteiger partial charge in [0.2, 0.25) is 0 Å². The molecule has 0 aromatic heterocycles. The number of esters is 1. The van der Waals surface area contributed by atoms with Crippen LogP contribution >= 0.6 is 0 Å². The van der Waals surface area contributed by atoms with Crippen LogP contribution in [0.25, 0.3) is 0 Å². The van der Waals surface area contributed by atoms with Gasteiger partial charge in [0.1, 0.15) is 0 Å². The second-order valence-corrected chi connectivity index (χ2v) is 3.82. The van der Waals surface area contributed by atoms with E-state index in [1.807, 2.05) is 6.08 Å². The van der Waals surface area contributed by atoms with Crippen LogP contribution in [0.5, 0.6) is 0 Å². The molecule has 0 heterocycles. The lowest BCUT2D eigenvalue weighted by atomic mass is 10.0. The van der Waals surface area contributed by atoms with Gasteiger partial charge in [-0.15, -0.1) is 0 Å². The molecule has 0 fully saturated rings. The van der Waals surface area contributed by atoms with E-state index in [1.165, 1.54) is 11.8 Å². The van der Waals surface area contributed by atoms with E-state index >= 15 is 0 Å². The highest BCUT2D eigenvalue weighted by Gasteiger charge is 1.95. The second-order valence-electron chi connectivity index (χ2n) is 3.82. The molecule has 86 valence electrons. The normalized spacial score (nSPS) is 14.3. The predicted molar refractivity (Wildman–Crippen MR) is 63.4 cm³/mol. The van der Waals surface area contributed by atoms with Crippen molar-refractivity contribution in [1.82, 2.24) is 0 Å². The number of hydrogen-bond acceptors (Lipinski definition) is 2. The van der Waals surface area contributed by atoms with Crippen molar-refractivity contribution in [3.05, 3.63) is 24.0 Å². The summed E-state index contributed by atoms with van der Waals surface area (Å²) in [6, 6.07) is 0. The molecule has 0 aromatic carbocycles. The summed E-state index contributed by atoms with van der Waals surface area (Å²) in [6.07, 6.45) is 8.05. The molecule has 0 aromatic rings. The van der Waals surface area contributed by atoms with Gasteiger partial charge < -0.3 is 4.74 Å². The first-order valence-corrected chi connectivity index (χ1v) is 5.61. The van der Waals surface area contributed by atoms with Crippen LogP contribution in [0, 0.1) is 5.92 Å². The van der Waals surface area contributed by atoms with Crippen molar-refractivity contribution in [1.29, 1.82) is 0 Å². The Hall–Kier alpha value is -1.05. The number of ether oxygens (including phenoxy) is 1. The number of carbonyl (C=O) groups excluding carboxylic acids is 1. The Morgan fingerprint density at radius 3 is 2.60 bits per heavy atom. The molecule has 0 radical (unpaired) electrons. The summed E-state index contributed by atoms with van der Waals surface area (Å²) in [6.45, 7) is 8.25. The number of allylic oxidation sites excluding steroid dienone is 3. The molecular weight excluding hydrogens is 188 g/mol. The van der Waals surface area contributed by atoms with Crippen molar-refractivity contribution in [2.45, 2.75) is 47.0 Å². The Bertz CT molecular complexity index is 239. The lowest BCUT2D eigenvalue weighted by Crippen LogP contribution is -1.95. The molecule has 1 unspecified atom stereocenters. The van der Waals surface area contributed by atoms with Crippen molar-refractivity contribution in [3.8, 4) is 0 Å². The van der Waals surface area contributed by atoms with Crippen LogP contribution in [0.2, 0.25) is 0 Å². The minimum Gasteiger partial charge on any atom is -0.435 e. The third kappa shape index (κ3) is 7.98. The predicted octanol–water partition coefficient (Wildman–Crippen LogP) is 3.84. The van der Waals surface area contributed by atoms with Crippen molar-refractivity contribution in [2.24, 2.45) is 5.92 Å². The molecule has 0 amide bonds. The summed E-state index contributed by atoms with van der Waals surface area (Å²) in [5, 5.41) is 0. The molecule has 2 heteroatoms. The van der Waals surface area contributed by atoms with Gasteiger partial charge in [-0.3, -0.25) is 4.79 Å². The number of hydrogen-bond donors (Lipinski definition) is 0. The topological polar surface area (TPSA) is 26.3 Å². The van der Waals surface area contributed by atoms with Gasteiger partial charge in [-0.1, -0.05) is 38.8 Å². The van der Waals surface area contributed by atoms with Gasteiger partial charge in [-0.2, -0.15) is 0 Å². The van der Waals surface area contributed by atoms with Gasteiger partial charge in [0.25, 0.3) is 0 Å². The lowest BCUT2D eigenvalue weighted by Gasteiger charge is -2.03. The molecule has 0 aliphatic heterocycles. The van der Waals surface area contributed by atoms with Crippen molar-refractivity contribution >= 4 is 5.97 Å². The van der Waals surface area contributed by atoms with E-state index in [4.69, 9.17) is 4.74 Å². The highest BCUT2D eigenvalue weighted by Crippen LogP contribution is 2.09. The summed E-state index contributed by atoms with van der Waals surface area (Å²) in [5.74, 6) is 0.436. The molecule has 15 heavy (non-hydrogen) atoms. The maximum absolute atomic E-state index is 10.8. The minimum atomic E-state index is -0.185. The fourth-order valence-corrected chi connectivity index (χ4v) is 1.11. The Morgan fingerprint density at radius 2 is 2.07 bits per heavy atom. The highest BCUT2D eigenvalue weighted by atomic mass is 16.5. The fourth-order valence-electron chi connectivity index (χ4n) is 1.11. The molecule has 0 bridgehead atoms. The molecular formula is C13H22O2. The van der Waals surface area contributed by atoms with Gasteiger partial charge >= 0.3 is 5.97 Å². The Kier molecular flexibility index (Phi) is 7.69. The maximum atomic E-state index is 10.8. The quantitative estimate of drug-likeness (QED) is 0.378.